The number of aryl methyl sites for hydroxylation is 1. The topological polar surface area (TPSA) is 87.7 Å². The Labute approximate surface area is 186 Å². The fourth-order valence-corrected chi connectivity index (χ4v) is 4.06. The molecule has 1 heterocycles. The predicted molar refractivity (Wildman–Crippen MR) is 116 cm³/mol. The number of carbonyl (C=O) groups excluding carboxylic acids is 2. The first-order valence-corrected chi connectivity index (χ1v) is 10.5. The van der Waals surface area contributed by atoms with Gasteiger partial charge in [-0.2, -0.15) is 0 Å². The number of nitrogens with one attached hydrogen (secondary N) is 2. The molecule has 6 nitrogen and oxygen atoms in total. The second kappa shape index (κ2) is 10.3. The van der Waals surface area contributed by atoms with Crippen molar-refractivity contribution in [3.05, 3.63) is 70.3 Å². The molecule has 2 aromatic rings. The second-order valence-electron chi connectivity index (χ2n) is 8.30. The van der Waals surface area contributed by atoms with Crippen LogP contribution in [0.2, 0.25) is 0 Å². The van der Waals surface area contributed by atoms with Crippen LogP contribution < -0.4 is 10.6 Å². The Morgan fingerprint density at radius 3 is 2.41 bits per heavy atom. The number of halogens is 2. The van der Waals surface area contributed by atoms with E-state index in [9.17, 15) is 23.5 Å². The van der Waals surface area contributed by atoms with Gasteiger partial charge in [0.05, 0.1) is 18.2 Å². The quantitative estimate of drug-likeness (QED) is 0.543. The molecule has 0 bridgehead atoms. The standard InChI is InChI=1S/C24H28F2N2O4/c1-13-4-16(14(2)29)9-17(5-13)24(31)28-22(8-15-6-18(25)10-19(26)7-15)23(30)21-11-20(32-3)12-27-21/h4-7,9-10,20-23,27,30H,8,11-12H2,1-3H3,(H,28,31)/t20?,21-,22+,23-/m1/s1. The number of aliphatic hydroxyl groups is 1. The third kappa shape index (κ3) is 5.97. The van der Waals surface area contributed by atoms with E-state index in [1.807, 2.05) is 0 Å². The van der Waals surface area contributed by atoms with Crippen LogP contribution in [-0.4, -0.2) is 54.7 Å². The molecule has 8 heteroatoms. The Morgan fingerprint density at radius 2 is 1.81 bits per heavy atom. The summed E-state index contributed by atoms with van der Waals surface area (Å²) in [7, 11) is 1.58. The highest BCUT2D eigenvalue weighted by atomic mass is 19.1. The summed E-state index contributed by atoms with van der Waals surface area (Å²) in [5, 5.41) is 17.0. The van der Waals surface area contributed by atoms with Gasteiger partial charge in [0.25, 0.3) is 5.91 Å². The number of ketones is 1. The van der Waals surface area contributed by atoms with E-state index in [1.165, 1.54) is 25.1 Å². The molecule has 1 aliphatic heterocycles. The molecule has 0 radical (unpaired) electrons. The number of hydrogen-bond acceptors (Lipinski definition) is 5. The van der Waals surface area contributed by atoms with Crippen LogP contribution in [0.4, 0.5) is 8.78 Å². The first-order valence-electron chi connectivity index (χ1n) is 10.5. The Kier molecular flexibility index (Phi) is 7.71. The van der Waals surface area contributed by atoms with Crippen LogP contribution in [0.3, 0.4) is 0 Å². The number of rotatable bonds is 8. The summed E-state index contributed by atoms with van der Waals surface area (Å²) in [5.41, 5.74) is 1.72. The summed E-state index contributed by atoms with van der Waals surface area (Å²) in [5.74, 6) is -2.13. The van der Waals surface area contributed by atoms with E-state index in [-0.39, 0.29) is 29.9 Å². The van der Waals surface area contributed by atoms with Crippen LogP contribution in [-0.2, 0) is 11.2 Å². The molecule has 172 valence electrons. The molecule has 4 atom stereocenters. The van der Waals surface area contributed by atoms with Gasteiger partial charge in [-0.3, -0.25) is 9.59 Å². The van der Waals surface area contributed by atoms with Crippen molar-refractivity contribution < 1.29 is 28.2 Å². The van der Waals surface area contributed by atoms with Gasteiger partial charge in [-0.1, -0.05) is 0 Å². The number of ether oxygens (including phenoxy) is 1. The summed E-state index contributed by atoms with van der Waals surface area (Å²) in [6.45, 7) is 3.74. The largest absolute Gasteiger partial charge is 0.389 e. The molecule has 3 rings (SSSR count). The zero-order valence-corrected chi connectivity index (χ0v) is 18.3. The zero-order chi connectivity index (χ0) is 23.4. The van der Waals surface area contributed by atoms with Gasteiger partial charge >= 0.3 is 0 Å². The summed E-state index contributed by atoms with van der Waals surface area (Å²) in [6.07, 6.45) is -0.571. The van der Waals surface area contributed by atoms with E-state index in [2.05, 4.69) is 10.6 Å². The molecule has 2 aromatic carbocycles. The number of aliphatic hydroxyl groups excluding tert-OH is 1. The molecule has 0 aromatic heterocycles. The minimum Gasteiger partial charge on any atom is -0.389 e. The van der Waals surface area contributed by atoms with Crippen molar-refractivity contribution >= 4 is 11.7 Å². The van der Waals surface area contributed by atoms with E-state index in [1.54, 1.807) is 26.2 Å². The fourth-order valence-electron chi connectivity index (χ4n) is 4.06. The van der Waals surface area contributed by atoms with Crippen LogP contribution in [0.1, 0.15) is 45.2 Å². The number of carbonyl (C=O) groups is 2. The Morgan fingerprint density at radius 1 is 1.16 bits per heavy atom. The molecule has 0 spiro atoms. The third-order valence-corrected chi connectivity index (χ3v) is 5.72. The highest BCUT2D eigenvalue weighted by Gasteiger charge is 2.35. The summed E-state index contributed by atoms with van der Waals surface area (Å²) >= 11 is 0. The number of benzene rings is 2. The van der Waals surface area contributed by atoms with Crippen molar-refractivity contribution in [2.24, 2.45) is 0 Å². The molecule has 3 N–H and O–H groups in total. The smallest absolute Gasteiger partial charge is 0.251 e. The van der Waals surface area contributed by atoms with E-state index >= 15 is 0 Å². The van der Waals surface area contributed by atoms with E-state index in [0.717, 1.165) is 11.6 Å². The highest BCUT2D eigenvalue weighted by molar-refractivity contribution is 6.00. The zero-order valence-electron chi connectivity index (χ0n) is 18.3. The minimum atomic E-state index is -1.04. The first kappa shape index (κ1) is 24.0. The normalized spacial score (nSPS) is 20.1. The molecule has 32 heavy (non-hydrogen) atoms. The average Bonchev–Trinajstić information content (AvgIpc) is 3.20. The monoisotopic (exact) mass is 446 g/mol. The van der Waals surface area contributed by atoms with Crippen molar-refractivity contribution in [2.75, 3.05) is 13.7 Å². The van der Waals surface area contributed by atoms with E-state index in [0.29, 0.717) is 24.1 Å². The van der Waals surface area contributed by atoms with Crippen LogP contribution >= 0.6 is 0 Å². The Hall–Kier alpha value is -2.68. The lowest BCUT2D eigenvalue weighted by Crippen LogP contribution is -2.52. The molecule has 0 aliphatic carbocycles. The van der Waals surface area contributed by atoms with Crippen molar-refractivity contribution in [3.8, 4) is 0 Å². The average molecular weight is 446 g/mol. The lowest BCUT2D eigenvalue weighted by Gasteiger charge is -2.29. The molecular weight excluding hydrogens is 418 g/mol. The molecule has 0 saturated carbocycles. The van der Waals surface area contributed by atoms with Crippen molar-refractivity contribution in [3.63, 3.8) is 0 Å². The maximum absolute atomic E-state index is 13.7. The van der Waals surface area contributed by atoms with Gasteiger partial charge in [0.1, 0.15) is 11.6 Å². The maximum atomic E-state index is 13.7. The fraction of sp³-hybridized carbons (Fsp3) is 0.417. The van der Waals surface area contributed by atoms with E-state index in [4.69, 9.17) is 4.74 Å². The van der Waals surface area contributed by atoms with Gasteiger partial charge < -0.3 is 20.5 Å². The number of Topliss-reactive ketones (excluding diaryl/α,β-unsaturated/α-hetero) is 1. The number of hydrogen-bond donors (Lipinski definition) is 3. The van der Waals surface area contributed by atoms with Crippen LogP contribution in [0.5, 0.6) is 0 Å². The van der Waals surface area contributed by atoms with Crippen LogP contribution in [0.15, 0.2) is 36.4 Å². The lowest BCUT2D eigenvalue weighted by atomic mass is 9.94. The summed E-state index contributed by atoms with van der Waals surface area (Å²) < 4.78 is 32.8. The molecule has 1 saturated heterocycles. The number of methoxy groups -OCH3 is 1. The lowest BCUT2D eigenvalue weighted by molar-refractivity contribution is 0.0677. The molecule has 1 fully saturated rings. The van der Waals surface area contributed by atoms with Gasteiger partial charge in [0, 0.05) is 36.9 Å². The Bertz CT molecular complexity index is 978. The van der Waals surface area contributed by atoms with Crippen LogP contribution in [0, 0.1) is 18.6 Å². The van der Waals surface area contributed by atoms with E-state index < -0.39 is 29.7 Å². The highest BCUT2D eigenvalue weighted by Crippen LogP contribution is 2.19. The van der Waals surface area contributed by atoms with Crippen LogP contribution in [0.25, 0.3) is 0 Å². The molecule has 1 aliphatic rings. The van der Waals surface area contributed by atoms with Crippen molar-refractivity contribution in [2.45, 2.75) is 51.0 Å². The van der Waals surface area contributed by atoms with Gasteiger partial charge in [-0.15, -0.1) is 0 Å². The second-order valence-corrected chi connectivity index (χ2v) is 8.30. The number of amides is 1. The van der Waals surface area contributed by atoms with Gasteiger partial charge in [-0.25, -0.2) is 8.78 Å². The van der Waals surface area contributed by atoms with Gasteiger partial charge in [-0.05, 0) is 68.1 Å². The van der Waals surface area contributed by atoms with Crippen molar-refractivity contribution in [1.82, 2.24) is 10.6 Å². The molecule has 1 amide bonds. The van der Waals surface area contributed by atoms with Gasteiger partial charge in [0.15, 0.2) is 5.78 Å². The predicted octanol–water partition coefficient (Wildman–Crippen LogP) is 2.55. The third-order valence-electron chi connectivity index (χ3n) is 5.72. The first-order chi connectivity index (χ1) is 15.2. The Balaban J connectivity index is 1.86. The molecular formula is C24H28F2N2O4. The summed E-state index contributed by atoms with van der Waals surface area (Å²) in [6, 6.07) is 6.74. The maximum Gasteiger partial charge on any atom is 0.251 e. The molecule has 1 unspecified atom stereocenters. The van der Waals surface area contributed by atoms with Gasteiger partial charge in [0.2, 0.25) is 0 Å². The van der Waals surface area contributed by atoms with Crippen molar-refractivity contribution in [1.29, 1.82) is 0 Å². The SMILES string of the molecule is COC1CN[C@@H]([C@@H](O)[C@H](Cc2cc(F)cc(F)c2)NC(=O)c2cc(C)cc(C(C)=O)c2)C1. The minimum absolute atomic E-state index is 0.0167. The summed E-state index contributed by atoms with van der Waals surface area (Å²) in [4.78, 5) is 24.8.